The van der Waals surface area contributed by atoms with Crippen LogP contribution in [0.25, 0.3) is 0 Å². The fourth-order valence-corrected chi connectivity index (χ4v) is 2.53. The first-order valence-electron chi connectivity index (χ1n) is 8.12. The third-order valence-electron chi connectivity index (χ3n) is 3.70. The molecule has 2 aromatic rings. The first-order chi connectivity index (χ1) is 12.3. The number of carbonyl (C=O) groups is 2. The minimum atomic E-state index is -0.321. The Hall–Kier alpha value is -2.44. The first kappa shape index (κ1) is 19.9. The molecular formula is C19H21ClFN3O2. The van der Waals surface area contributed by atoms with E-state index in [1.165, 1.54) is 12.1 Å². The van der Waals surface area contributed by atoms with Crippen LogP contribution < -0.4 is 10.6 Å². The molecule has 2 rings (SSSR count). The topological polar surface area (TPSA) is 61.4 Å². The van der Waals surface area contributed by atoms with Gasteiger partial charge in [-0.05, 0) is 55.9 Å². The van der Waals surface area contributed by atoms with E-state index in [1.54, 1.807) is 48.3 Å². The molecule has 0 heterocycles. The summed E-state index contributed by atoms with van der Waals surface area (Å²) in [6.45, 7) is 1.96. The Morgan fingerprint density at radius 3 is 2.23 bits per heavy atom. The van der Waals surface area contributed by atoms with Gasteiger partial charge >= 0.3 is 0 Å². The second-order valence-corrected chi connectivity index (χ2v) is 6.50. The van der Waals surface area contributed by atoms with Crippen LogP contribution in [0.4, 0.5) is 10.1 Å². The third-order valence-corrected chi connectivity index (χ3v) is 3.95. The molecule has 0 fully saturated rings. The second kappa shape index (κ2) is 9.31. The molecule has 2 N–H and O–H groups in total. The monoisotopic (exact) mass is 377 g/mol. The molecule has 0 radical (unpaired) electrons. The number of rotatable bonds is 7. The molecule has 0 aromatic heterocycles. The van der Waals surface area contributed by atoms with Gasteiger partial charge in [-0.25, -0.2) is 4.39 Å². The summed E-state index contributed by atoms with van der Waals surface area (Å²) in [6.07, 6.45) is 0. The fraction of sp³-hybridized carbons (Fsp3) is 0.263. The summed E-state index contributed by atoms with van der Waals surface area (Å²) in [7, 11) is 1.68. The van der Waals surface area contributed by atoms with Gasteiger partial charge in [0.05, 0.1) is 19.1 Å². The Morgan fingerprint density at radius 2 is 1.62 bits per heavy atom. The Kier molecular flexibility index (Phi) is 7.12. The number of amides is 2. The zero-order valence-electron chi connectivity index (χ0n) is 14.6. The van der Waals surface area contributed by atoms with E-state index in [1.807, 2.05) is 6.92 Å². The predicted octanol–water partition coefficient (Wildman–Crippen LogP) is 3.23. The quantitative estimate of drug-likeness (QED) is 0.778. The van der Waals surface area contributed by atoms with Crippen LogP contribution in [0.5, 0.6) is 0 Å². The van der Waals surface area contributed by atoms with Crippen molar-refractivity contribution in [2.24, 2.45) is 0 Å². The van der Waals surface area contributed by atoms with Crippen molar-refractivity contribution in [1.29, 1.82) is 0 Å². The number of nitrogens with one attached hydrogen (secondary N) is 2. The molecule has 7 heteroatoms. The van der Waals surface area contributed by atoms with E-state index in [-0.39, 0.29) is 36.8 Å². The van der Waals surface area contributed by atoms with Gasteiger partial charge in [-0.3, -0.25) is 14.5 Å². The molecule has 0 saturated heterocycles. The highest BCUT2D eigenvalue weighted by Gasteiger charge is 2.14. The second-order valence-electron chi connectivity index (χ2n) is 6.07. The molecule has 0 aliphatic carbocycles. The largest absolute Gasteiger partial charge is 0.348 e. The van der Waals surface area contributed by atoms with Crippen molar-refractivity contribution < 1.29 is 14.0 Å². The Bertz CT molecular complexity index is 750. The van der Waals surface area contributed by atoms with E-state index >= 15 is 0 Å². The number of nitrogens with zero attached hydrogens (tertiary/aromatic N) is 1. The van der Waals surface area contributed by atoms with Gasteiger partial charge in [0.25, 0.3) is 0 Å². The molecular weight excluding hydrogens is 357 g/mol. The van der Waals surface area contributed by atoms with E-state index in [9.17, 15) is 14.0 Å². The molecule has 0 aliphatic rings. The predicted molar refractivity (Wildman–Crippen MR) is 101 cm³/mol. The average Bonchev–Trinajstić information content (AvgIpc) is 2.57. The van der Waals surface area contributed by atoms with Gasteiger partial charge in [0, 0.05) is 10.7 Å². The van der Waals surface area contributed by atoms with Gasteiger partial charge in [-0.1, -0.05) is 23.7 Å². The molecule has 0 aliphatic heterocycles. The van der Waals surface area contributed by atoms with Gasteiger partial charge in [-0.2, -0.15) is 0 Å². The summed E-state index contributed by atoms with van der Waals surface area (Å²) in [5.41, 5.74) is 1.45. The zero-order valence-corrected chi connectivity index (χ0v) is 15.4. The first-order valence-corrected chi connectivity index (χ1v) is 8.50. The van der Waals surface area contributed by atoms with E-state index in [2.05, 4.69) is 10.6 Å². The van der Waals surface area contributed by atoms with E-state index in [0.29, 0.717) is 10.7 Å². The van der Waals surface area contributed by atoms with E-state index < -0.39 is 0 Å². The molecule has 2 aromatic carbocycles. The van der Waals surface area contributed by atoms with Crippen molar-refractivity contribution in [3.05, 3.63) is 64.9 Å². The lowest BCUT2D eigenvalue weighted by atomic mass is 10.1. The summed E-state index contributed by atoms with van der Waals surface area (Å²) >= 11 is 5.80. The van der Waals surface area contributed by atoms with E-state index in [4.69, 9.17) is 11.6 Å². The Labute approximate surface area is 157 Å². The van der Waals surface area contributed by atoms with Gasteiger partial charge in [-0.15, -0.1) is 0 Å². The number of hydrogen-bond acceptors (Lipinski definition) is 3. The van der Waals surface area contributed by atoms with Crippen molar-refractivity contribution in [2.75, 3.05) is 25.5 Å². The van der Waals surface area contributed by atoms with Crippen LogP contribution in [0.3, 0.4) is 0 Å². The molecule has 138 valence electrons. The number of hydrogen-bond donors (Lipinski definition) is 2. The highest BCUT2D eigenvalue weighted by Crippen LogP contribution is 2.14. The summed E-state index contributed by atoms with van der Waals surface area (Å²) in [6, 6.07) is 12.5. The molecule has 2 amide bonds. The van der Waals surface area contributed by atoms with Crippen molar-refractivity contribution in [2.45, 2.75) is 13.0 Å². The third kappa shape index (κ3) is 6.46. The summed E-state index contributed by atoms with van der Waals surface area (Å²) in [5.74, 6) is -0.767. The van der Waals surface area contributed by atoms with Crippen molar-refractivity contribution in [1.82, 2.24) is 10.2 Å². The SMILES string of the molecule is C[C@@H](NC(=O)CN(C)CC(=O)Nc1ccc(Cl)cc1)c1ccc(F)cc1. The lowest BCUT2D eigenvalue weighted by Crippen LogP contribution is -2.39. The number of carbonyl (C=O) groups excluding carboxylic acids is 2. The van der Waals surface area contributed by atoms with Crippen LogP contribution in [-0.2, 0) is 9.59 Å². The number of halogens is 2. The van der Waals surface area contributed by atoms with Crippen LogP contribution >= 0.6 is 11.6 Å². The number of benzene rings is 2. The highest BCUT2D eigenvalue weighted by molar-refractivity contribution is 6.30. The van der Waals surface area contributed by atoms with E-state index in [0.717, 1.165) is 5.56 Å². The summed E-state index contributed by atoms with van der Waals surface area (Å²) in [5, 5.41) is 6.15. The van der Waals surface area contributed by atoms with Crippen LogP contribution in [0.15, 0.2) is 48.5 Å². The molecule has 0 spiro atoms. The molecule has 0 saturated carbocycles. The van der Waals surface area contributed by atoms with Gasteiger partial charge in [0.1, 0.15) is 5.82 Å². The van der Waals surface area contributed by atoms with Crippen molar-refractivity contribution in [3.8, 4) is 0 Å². The molecule has 5 nitrogen and oxygen atoms in total. The standard InChI is InChI=1S/C19H21ClFN3O2/c1-13(14-3-7-16(21)8-4-14)22-18(25)11-24(2)12-19(26)23-17-9-5-15(20)6-10-17/h3-10,13H,11-12H2,1-2H3,(H,22,25)(H,23,26)/t13-/m1/s1. The van der Waals surface area contributed by atoms with Crippen LogP contribution in [-0.4, -0.2) is 36.9 Å². The highest BCUT2D eigenvalue weighted by atomic mass is 35.5. The van der Waals surface area contributed by atoms with Crippen LogP contribution in [0, 0.1) is 5.82 Å². The average molecular weight is 378 g/mol. The van der Waals surface area contributed by atoms with Crippen LogP contribution in [0.2, 0.25) is 5.02 Å². The summed E-state index contributed by atoms with van der Waals surface area (Å²) in [4.78, 5) is 25.7. The summed E-state index contributed by atoms with van der Waals surface area (Å²) < 4.78 is 12.9. The Balaban J connectivity index is 1.78. The zero-order chi connectivity index (χ0) is 19.1. The minimum absolute atomic E-state index is 0.0690. The van der Waals surface area contributed by atoms with Crippen molar-refractivity contribution >= 4 is 29.1 Å². The van der Waals surface area contributed by atoms with Crippen LogP contribution in [0.1, 0.15) is 18.5 Å². The van der Waals surface area contributed by atoms with Gasteiger partial charge in [0.2, 0.25) is 11.8 Å². The smallest absolute Gasteiger partial charge is 0.238 e. The fourth-order valence-electron chi connectivity index (χ4n) is 2.40. The molecule has 0 bridgehead atoms. The normalized spacial score (nSPS) is 11.9. The lowest BCUT2D eigenvalue weighted by molar-refractivity contribution is -0.123. The maximum Gasteiger partial charge on any atom is 0.238 e. The number of anilines is 1. The minimum Gasteiger partial charge on any atom is -0.348 e. The number of likely N-dealkylation sites (N-methyl/N-ethyl adjacent to an activating group) is 1. The van der Waals surface area contributed by atoms with Gasteiger partial charge < -0.3 is 10.6 Å². The maximum absolute atomic E-state index is 12.9. The molecule has 26 heavy (non-hydrogen) atoms. The van der Waals surface area contributed by atoms with Gasteiger partial charge in [0.15, 0.2) is 0 Å². The molecule has 1 atom stereocenters. The molecule has 0 unspecified atom stereocenters. The maximum atomic E-state index is 12.9. The Morgan fingerprint density at radius 1 is 1.04 bits per heavy atom. The lowest BCUT2D eigenvalue weighted by Gasteiger charge is -2.19. The van der Waals surface area contributed by atoms with Crippen molar-refractivity contribution in [3.63, 3.8) is 0 Å².